The summed E-state index contributed by atoms with van der Waals surface area (Å²) in [7, 11) is 1.58. The molecule has 0 unspecified atom stereocenters. The molecule has 2 aromatic carbocycles. The number of rotatable bonds is 3. The molecular weight excluding hydrogens is 282 g/mol. The maximum Gasteiger partial charge on any atom is 0.339 e. The molecule has 0 saturated carbocycles. The molecule has 0 radical (unpaired) electrons. The second kappa shape index (κ2) is 5.89. The largest absolute Gasteiger partial charge is 0.497 e. The van der Waals surface area contributed by atoms with Crippen LogP contribution in [0.1, 0.15) is 15.9 Å². The Kier molecular flexibility index (Phi) is 3.78. The third kappa shape index (κ3) is 2.79. The lowest BCUT2D eigenvalue weighted by atomic mass is 9.98. The number of cyclic esters (lactones) is 1. The molecule has 1 atom stereocenters. The number of benzene rings is 2. The first kappa shape index (κ1) is 14.1. The standard InChI is InChI=1S/C17H15NO4/c1-21-13-8-6-12(7-9-13)18-16(19)15-10-11-4-2-3-5-14(11)17(20)22-15/h2-9,15H,10H2,1H3,(H,18,19)/t15-/m1/s1. The molecule has 5 nitrogen and oxygen atoms in total. The monoisotopic (exact) mass is 297 g/mol. The lowest BCUT2D eigenvalue weighted by Gasteiger charge is -2.23. The molecule has 1 aliphatic rings. The summed E-state index contributed by atoms with van der Waals surface area (Å²) >= 11 is 0. The molecule has 1 N–H and O–H groups in total. The highest BCUT2D eigenvalue weighted by molar-refractivity contribution is 6.00. The number of hydrogen-bond donors (Lipinski definition) is 1. The zero-order chi connectivity index (χ0) is 15.5. The summed E-state index contributed by atoms with van der Waals surface area (Å²) in [4.78, 5) is 24.2. The molecule has 0 spiro atoms. The van der Waals surface area contributed by atoms with Gasteiger partial charge < -0.3 is 14.8 Å². The van der Waals surface area contributed by atoms with Gasteiger partial charge in [0.2, 0.25) is 0 Å². The number of anilines is 1. The molecule has 22 heavy (non-hydrogen) atoms. The molecule has 2 aromatic rings. The minimum atomic E-state index is -0.815. The van der Waals surface area contributed by atoms with Crippen LogP contribution in [-0.2, 0) is 16.0 Å². The van der Waals surface area contributed by atoms with Crippen molar-refractivity contribution in [2.24, 2.45) is 0 Å². The maximum absolute atomic E-state index is 12.3. The van der Waals surface area contributed by atoms with Crippen molar-refractivity contribution in [3.05, 3.63) is 59.7 Å². The van der Waals surface area contributed by atoms with E-state index in [4.69, 9.17) is 9.47 Å². The minimum Gasteiger partial charge on any atom is -0.497 e. The van der Waals surface area contributed by atoms with Crippen LogP contribution in [0.15, 0.2) is 48.5 Å². The van der Waals surface area contributed by atoms with Crippen molar-refractivity contribution in [2.75, 3.05) is 12.4 Å². The fourth-order valence-corrected chi connectivity index (χ4v) is 2.37. The van der Waals surface area contributed by atoms with Crippen molar-refractivity contribution < 1.29 is 19.1 Å². The number of hydrogen-bond acceptors (Lipinski definition) is 4. The van der Waals surface area contributed by atoms with Crippen molar-refractivity contribution >= 4 is 17.6 Å². The number of esters is 1. The van der Waals surface area contributed by atoms with E-state index >= 15 is 0 Å². The molecule has 5 heteroatoms. The van der Waals surface area contributed by atoms with Gasteiger partial charge in [-0.3, -0.25) is 4.79 Å². The highest BCUT2D eigenvalue weighted by atomic mass is 16.5. The predicted molar refractivity (Wildman–Crippen MR) is 81.0 cm³/mol. The first-order valence-corrected chi connectivity index (χ1v) is 6.91. The molecule has 3 rings (SSSR count). The van der Waals surface area contributed by atoms with E-state index in [0.29, 0.717) is 23.4 Å². The van der Waals surface area contributed by atoms with Crippen molar-refractivity contribution in [2.45, 2.75) is 12.5 Å². The number of carbonyl (C=O) groups is 2. The van der Waals surface area contributed by atoms with Crippen LogP contribution in [0, 0.1) is 0 Å². The normalized spacial score (nSPS) is 16.4. The number of ether oxygens (including phenoxy) is 2. The van der Waals surface area contributed by atoms with Crippen LogP contribution >= 0.6 is 0 Å². The quantitative estimate of drug-likeness (QED) is 0.884. The fraction of sp³-hybridized carbons (Fsp3) is 0.176. The van der Waals surface area contributed by atoms with Crippen LogP contribution in [0.2, 0.25) is 0 Å². The zero-order valence-corrected chi connectivity index (χ0v) is 12.0. The van der Waals surface area contributed by atoms with Gasteiger partial charge in [0.15, 0.2) is 6.10 Å². The van der Waals surface area contributed by atoms with Gasteiger partial charge in [0, 0.05) is 12.1 Å². The summed E-state index contributed by atoms with van der Waals surface area (Å²) in [6.07, 6.45) is -0.436. The van der Waals surface area contributed by atoms with Crippen molar-refractivity contribution in [3.8, 4) is 5.75 Å². The van der Waals surface area contributed by atoms with Crippen molar-refractivity contribution in [3.63, 3.8) is 0 Å². The highest BCUT2D eigenvalue weighted by Gasteiger charge is 2.30. The van der Waals surface area contributed by atoms with Crippen molar-refractivity contribution in [1.82, 2.24) is 0 Å². The van der Waals surface area contributed by atoms with Crippen LogP contribution in [0.25, 0.3) is 0 Å². The number of nitrogens with one attached hydrogen (secondary N) is 1. The van der Waals surface area contributed by atoms with Gasteiger partial charge in [-0.25, -0.2) is 4.79 Å². The van der Waals surface area contributed by atoms with Gasteiger partial charge in [-0.05, 0) is 35.9 Å². The summed E-state index contributed by atoms with van der Waals surface area (Å²) in [6.45, 7) is 0. The van der Waals surface area contributed by atoms with Gasteiger partial charge in [0.05, 0.1) is 12.7 Å². The third-order valence-electron chi connectivity index (χ3n) is 3.54. The highest BCUT2D eigenvalue weighted by Crippen LogP contribution is 2.22. The molecular formula is C17H15NO4. The molecule has 112 valence electrons. The second-order valence-electron chi connectivity index (χ2n) is 4.97. The molecule has 1 heterocycles. The van der Waals surface area contributed by atoms with Gasteiger partial charge >= 0.3 is 5.97 Å². The van der Waals surface area contributed by atoms with E-state index in [0.717, 1.165) is 5.56 Å². The van der Waals surface area contributed by atoms with Gasteiger partial charge in [0.1, 0.15) is 5.75 Å². The Labute approximate surface area is 127 Å². The average Bonchev–Trinajstić information content (AvgIpc) is 2.55. The number of amides is 1. The Bertz CT molecular complexity index is 709. The Morgan fingerprint density at radius 1 is 1.18 bits per heavy atom. The third-order valence-corrected chi connectivity index (χ3v) is 3.54. The molecule has 0 saturated heterocycles. The average molecular weight is 297 g/mol. The van der Waals surface area contributed by atoms with Crippen LogP contribution in [0.3, 0.4) is 0 Å². The predicted octanol–water partition coefficient (Wildman–Crippen LogP) is 2.42. The zero-order valence-electron chi connectivity index (χ0n) is 12.0. The van der Waals surface area contributed by atoms with Gasteiger partial charge in [-0.15, -0.1) is 0 Å². The van der Waals surface area contributed by atoms with E-state index in [2.05, 4.69) is 5.32 Å². The Morgan fingerprint density at radius 3 is 2.64 bits per heavy atom. The SMILES string of the molecule is COc1ccc(NC(=O)[C@H]2Cc3ccccc3C(=O)O2)cc1. The van der Waals surface area contributed by atoms with Crippen LogP contribution in [-0.4, -0.2) is 25.1 Å². The molecule has 0 aromatic heterocycles. The smallest absolute Gasteiger partial charge is 0.339 e. The molecule has 0 bridgehead atoms. The lowest BCUT2D eigenvalue weighted by Crippen LogP contribution is -2.37. The number of methoxy groups -OCH3 is 1. The van der Waals surface area contributed by atoms with Gasteiger partial charge in [-0.2, -0.15) is 0 Å². The number of carbonyl (C=O) groups excluding carboxylic acids is 2. The summed E-state index contributed by atoms with van der Waals surface area (Å²) in [6, 6.07) is 14.1. The van der Waals surface area contributed by atoms with E-state index in [1.165, 1.54) is 0 Å². The maximum atomic E-state index is 12.3. The topological polar surface area (TPSA) is 64.6 Å². The van der Waals surface area contributed by atoms with Crippen LogP contribution in [0.4, 0.5) is 5.69 Å². The van der Waals surface area contributed by atoms with Crippen LogP contribution in [0.5, 0.6) is 5.75 Å². The Morgan fingerprint density at radius 2 is 1.91 bits per heavy atom. The van der Waals surface area contributed by atoms with E-state index in [1.54, 1.807) is 43.5 Å². The first-order chi connectivity index (χ1) is 10.7. The molecule has 1 amide bonds. The Hall–Kier alpha value is -2.82. The fourth-order valence-electron chi connectivity index (χ4n) is 2.37. The van der Waals surface area contributed by atoms with Gasteiger partial charge in [-0.1, -0.05) is 18.2 Å². The molecule has 1 aliphatic heterocycles. The molecule has 0 fully saturated rings. The van der Waals surface area contributed by atoms with Gasteiger partial charge in [0.25, 0.3) is 5.91 Å². The van der Waals surface area contributed by atoms with E-state index < -0.39 is 12.1 Å². The van der Waals surface area contributed by atoms with E-state index in [-0.39, 0.29) is 5.91 Å². The lowest BCUT2D eigenvalue weighted by molar-refractivity contribution is -0.125. The summed E-state index contributed by atoms with van der Waals surface area (Å²) in [5.74, 6) is -0.0965. The number of fused-ring (bicyclic) bond motifs is 1. The summed E-state index contributed by atoms with van der Waals surface area (Å²) in [5, 5.41) is 2.74. The Balaban J connectivity index is 1.72. The van der Waals surface area contributed by atoms with E-state index in [9.17, 15) is 9.59 Å². The first-order valence-electron chi connectivity index (χ1n) is 6.91. The summed E-state index contributed by atoms with van der Waals surface area (Å²) < 4.78 is 10.3. The van der Waals surface area contributed by atoms with Crippen LogP contribution < -0.4 is 10.1 Å². The molecule has 0 aliphatic carbocycles. The minimum absolute atomic E-state index is 0.340. The summed E-state index contributed by atoms with van der Waals surface area (Å²) in [5.41, 5.74) is 1.98. The second-order valence-corrected chi connectivity index (χ2v) is 4.97. The van der Waals surface area contributed by atoms with Crippen molar-refractivity contribution in [1.29, 1.82) is 0 Å². The van der Waals surface area contributed by atoms with E-state index in [1.807, 2.05) is 12.1 Å².